The lowest BCUT2D eigenvalue weighted by Gasteiger charge is -2.18. The van der Waals surface area contributed by atoms with Crippen molar-refractivity contribution in [3.05, 3.63) is 86.9 Å². The number of anilines is 2. The van der Waals surface area contributed by atoms with Gasteiger partial charge in [0.25, 0.3) is 5.56 Å². The number of aromatic nitrogens is 6. The van der Waals surface area contributed by atoms with E-state index in [1.54, 1.807) is 42.2 Å². The van der Waals surface area contributed by atoms with Gasteiger partial charge >= 0.3 is 0 Å². The number of fused-ring (bicyclic) bond motifs is 1. The number of H-pyrrole nitrogens is 1. The highest BCUT2D eigenvalue weighted by atomic mass is 35.5. The minimum Gasteiger partial charge on any atom is -0.312 e. The second kappa shape index (κ2) is 9.76. The van der Waals surface area contributed by atoms with Crippen molar-refractivity contribution in [3.63, 3.8) is 0 Å². The Morgan fingerprint density at radius 1 is 1.02 bits per heavy atom. The van der Waals surface area contributed by atoms with Crippen LogP contribution < -0.4 is 15.8 Å². The van der Waals surface area contributed by atoms with Gasteiger partial charge in [-0.05, 0) is 62.2 Å². The molecule has 0 radical (unpaired) electrons. The van der Waals surface area contributed by atoms with Crippen LogP contribution in [0.15, 0.2) is 59.5 Å². The molecule has 1 fully saturated rings. The van der Waals surface area contributed by atoms with Crippen LogP contribution in [0.25, 0.3) is 22.7 Å². The number of nitrogens with one attached hydrogen (secondary N) is 2. The van der Waals surface area contributed by atoms with E-state index in [9.17, 15) is 14.4 Å². The van der Waals surface area contributed by atoms with Gasteiger partial charge in [-0.1, -0.05) is 23.7 Å². The SMILES string of the molecule is Cc1cc(NC(=O)C2CC(=O)N(c3ccc(C)c(C)c3)C2)n(-c2nc3c(cnn3-c3cccc(Cl)c3)c(=O)[nH]2)n1. The van der Waals surface area contributed by atoms with Crippen LogP contribution in [-0.4, -0.2) is 47.9 Å². The lowest BCUT2D eigenvalue weighted by molar-refractivity contribution is -0.122. The van der Waals surface area contributed by atoms with Gasteiger partial charge in [0, 0.05) is 29.7 Å². The van der Waals surface area contributed by atoms with Crippen molar-refractivity contribution in [1.82, 2.24) is 29.5 Å². The van der Waals surface area contributed by atoms with Crippen LogP contribution in [0.3, 0.4) is 0 Å². The average molecular weight is 557 g/mol. The normalized spacial score (nSPS) is 15.2. The first-order chi connectivity index (χ1) is 19.2. The van der Waals surface area contributed by atoms with Crippen molar-refractivity contribution in [2.75, 3.05) is 16.8 Å². The topological polar surface area (TPSA) is 131 Å². The van der Waals surface area contributed by atoms with Gasteiger partial charge in [0.05, 0.1) is 23.5 Å². The number of amides is 2. The summed E-state index contributed by atoms with van der Waals surface area (Å²) in [6.07, 6.45) is 1.52. The molecule has 11 nitrogen and oxygen atoms in total. The van der Waals surface area contributed by atoms with E-state index in [4.69, 9.17) is 11.6 Å². The van der Waals surface area contributed by atoms with Gasteiger partial charge in [-0.15, -0.1) is 0 Å². The summed E-state index contributed by atoms with van der Waals surface area (Å²) in [7, 11) is 0. The largest absolute Gasteiger partial charge is 0.312 e. The Kier molecular flexibility index (Phi) is 6.22. The molecule has 1 aliphatic heterocycles. The highest BCUT2D eigenvalue weighted by Gasteiger charge is 2.35. The molecule has 0 bridgehead atoms. The fraction of sp³-hybridized carbons (Fsp3) is 0.214. The number of nitrogens with zero attached hydrogens (tertiary/aromatic N) is 6. The van der Waals surface area contributed by atoms with E-state index in [2.05, 4.69) is 25.5 Å². The number of hydrogen-bond acceptors (Lipinski definition) is 6. The maximum absolute atomic E-state index is 13.3. The number of carbonyl (C=O) groups is 2. The van der Waals surface area contributed by atoms with Gasteiger partial charge < -0.3 is 10.2 Å². The molecule has 2 amide bonds. The monoisotopic (exact) mass is 556 g/mol. The summed E-state index contributed by atoms with van der Waals surface area (Å²) < 4.78 is 2.88. The minimum absolute atomic E-state index is 0.0890. The third kappa shape index (κ3) is 4.54. The standard InChI is InChI=1S/C28H25ClN8O3/c1-15-7-8-20(9-16(15)2)35-14-18(11-24(35)38)26(39)31-23-10-17(3)34-37(23)28-32-25-22(27(40)33-28)13-30-36(25)21-6-4-5-19(29)12-21/h4-10,12-13,18H,11,14H2,1-3H3,(H,31,39)(H,32,33,40). The van der Waals surface area contributed by atoms with E-state index in [-0.39, 0.29) is 36.1 Å². The molecule has 1 unspecified atom stereocenters. The number of aryl methyl sites for hydroxylation is 3. The van der Waals surface area contributed by atoms with Gasteiger partial charge in [-0.2, -0.15) is 19.9 Å². The second-order valence-electron chi connectivity index (χ2n) is 9.91. The van der Waals surface area contributed by atoms with E-state index >= 15 is 0 Å². The number of benzene rings is 2. The molecule has 202 valence electrons. The molecule has 1 atom stereocenters. The summed E-state index contributed by atoms with van der Waals surface area (Å²) >= 11 is 6.16. The molecule has 2 aromatic carbocycles. The molecule has 40 heavy (non-hydrogen) atoms. The maximum Gasteiger partial charge on any atom is 0.263 e. The number of aromatic amines is 1. The van der Waals surface area contributed by atoms with Crippen LogP contribution >= 0.6 is 11.6 Å². The number of hydrogen-bond donors (Lipinski definition) is 2. The Bertz CT molecular complexity index is 1870. The van der Waals surface area contributed by atoms with Crippen LogP contribution in [0.5, 0.6) is 0 Å². The Hall–Kier alpha value is -4.77. The summed E-state index contributed by atoms with van der Waals surface area (Å²) in [5.74, 6) is -0.580. The quantitative estimate of drug-likeness (QED) is 0.338. The van der Waals surface area contributed by atoms with Crippen molar-refractivity contribution in [1.29, 1.82) is 0 Å². The van der Waals surface area contributed by atoms with Crippen molar-refractivity contribution in [2.45, 2.75) is 27.2 Å². The third-order valence-corrected chi connectivity index (χ3v) is 7.29. The van der Waals surface area contributed by atoms with Crippen LogP contribution in [0.4, 0.5) is 11.5 Å². The molecule has 2 N–H and O–H groups in total. The molecule has 0 saturated carbocycles. The van der Waals surface area contributed by atoms with E-state index in [1.807, 2.05) is 32.0 Å². The van der Waals surface area contributed by atoms with E-state index in [1.165, 1.54) is 15.6 Å². The molecule has 3 aromatic heterocycles. The predicted octanol–water partition coefficient (Wildman–Crippen LogP) is 3.86. The molecule has 0 spiro atoms. The van der Waals surface area contributed by atoms with Gasteiger partial charge in [-0.3, -0.25) is 19.4 Å². The second-order valence-corrected chi connectivity index (χ2v) is 10.3. The van der Waals surface area contributed by atoms with Crippen molar-refractivity contribution in [3.8, 4) is 11.6 Å². The summed E-state index contributed by atoms with van der Waals surface area (Å²) in [5.41, 5.74) is 4.11. The van der Waals surface area contributed by atoms with E-state index in [0.717, 1.165) is 16.8 Å². The summed E-state index contributed by atoms with van der Waals surface area (Å²) in [6.45, 7) is 6.03. The highest BCUT2D eigenvalue weighted by molar-refractivity contribution is 6.30. The Morgan fingerprint density at radius 3 is 2.62 bits per heavy atom. The van der Waals surface area contributed by atoms with Crippen LogP contribution in [0, 0.1) is 26.7 Å². The Morgan fingerprint density at radius 2 is 1.85 bits per heavy atom. The molecule has 0 aliphatic carbocycles. The highest BCUT2D eigenvalue weighted by Crippen LogP contribution is 2.28. The molecule has 4 heterocycles. The predicted molar refractivity (Wildman–Crippen MR) is 151 cm³/mol. The maximum atomic E-state index is 13.3. The number of carbonyl (C=O) groups excluding carboxylic acids is 2. The van der Waals surface area contributed by atoms with Gasteiger partial charge in [-0.25, -0.2) is 4.68 Å². The first kappa shape index (κ1) is 25.5. The van der Waals surface area contributed by atoms with Gasteiger partial charge in [0.2, 0.25) is 17.8 Å². The molecule has 1 saturated heterocycles. The van der Waals surface area contributed by atoms with Crippen LogP contribution in [0.2, 0.25) is 5.02 Å². The lowest BCUT2D eigenvalue weighted by Crippen LogP contribution is -2.29. The van der Waals surface area contributed by atoms with Gasteiger partial charge in [0.15, 0.2) is 5.65 Å². The molecular weight excluding hydrogens is 532 g/mol. The fourth-order valence-corrected chi connectivity index (χ4v) is 4.99. The molecule has 5 aromatic rings. The zero-order chi connectivity index (χ0) is 28.1. The van der Waals surface area contributed by atoms with Crippen LogP contribution in [-0.2, 0) is 9.59 Å². The summed E-state index contributed by atoms with van der Waals surface area (Å²) in [5, 5.41) is 12.4. The average Bonchev–Trinajstić information content (AvgIpc) is 3.62. The minimum atomic E-state index is -0.559. The Balaban J connectivity index is 1.30. The van der Waals surface area contributed by atoms with E-state index < -0.39 is 11.5 Å². The summed E-state index contributed by atoms with van der Waals surface area (Å²) in [6, 6.07) is 14.5. The molecule has 1 aliphatic rings. The van der Waals surface area contributed by atoms with Crippen molar-refractivity contribution in [2.24, 2.45) is 5.92 Å². The Labute approximate surface area is 233 Å². The summed E-state index contributed by atoms with van der Waals surface area (Å²) in [4.78, 5) is 48.0. The zero-order valence-electron chi connectivity index (χ0n) is 22.0. The van der Waals surface area contributed by atoms with E-state index in [0.29, 0.717) is 27.9 Å². The molecule has 6 rings (SSSR count). The smallest absolute Gasteiger partial charge is 0.263 e. The first-order valence-electron chi connectivity index (χ1n) is 12.7. The number of rotatable bonds is 5. The lowest BCUT2D eigenvalue weighted by atomic mass is 10.1. The van der Waals surface area contributed by atoms with Crippen molar-refractivity contribution >= 4 is 46.0 Å². The number of halogens is 1. The van der Waals surface area contributed by atoms with Crippen molar-refractivity contribution < 1.29 is 9.59 Å². The fourth-order valence-electron chi connectivity index (χ4n) is 4.81. The zero-order valence-corrected chi connectivity index (χ0v) is 22.7. The molecule has 12 heteroatoms. The van der Waals surface area contributed by atoms with Crippen LogP contribution in [0.1, 0.15) is 23.2 Å². The molecular formula is C28H25ClN8O3. The first-order valence-corrected chi connectivity index (χ1v) is 13.1. The van der Waals surface area contributed by atoms with Gasteiger partial charge in [0.1, 0.15) is 11.2 Å². The third-order valence-electron chi connectivity index (χ3n) is 7.06.